The van der Waals surface area contributed by atoms with Crippen LogP contribution >= 0.6 is 0 Å². The molecule has 216 valence electrons. The standard InChI is InChI=1S/C39H39N3O/c1-7-25(8-2)32-19-18-29-31-22-27(17-20-35(31)43-39(29)41-32)38-40-33-15-11-12-16-34(33)42(38)37-30(23(3)4)21-26-13-9-10-14-28(26)36(37)24(5)6/h9-25H,7-8H2,1-6H3. The van der Waals surface area contributed by atoms with Crippen molar-refractivity contribution in [2.45, 2.75) is 72.1 Å². The topological polar surface area (TPSA) is 43.9 Å². The summed E-state index contributed by atoms with van der Waals surface area (Å²) < 4.78 is 8.72. The van der Waals surface area contributed by atoms with Gasteiger partial charge in [0.1, 0.15) is 11.4 Å². The summed E-state index contributed by atoms with van der Waals surface area (Å²) in [4.78, 5) is 10.2. The Bertz CT molecular complexity index is 2120. The van der Waals surface area contributed by atoms with E-state index in [2.05, 4.69) is 131 Å². The Labute approximate surface area is 253 Å². The molecule has 0 N–H and O–H groups in total. The third-order valence-electron chi connectivity index (χ3n) is 9.09. The van der Waals surface area contributed by atoms with E-state index >= 15 is 0 Å². The van der Waals surface area contributed by atoms with Crippen molar-refractivity contribution in [1.29, 1.82) is 0 Å². The highest BCUT2D eigenvalue weighted by Gasteiger charge is 2.25. The van der Waals surface area contributed by atoms with Gasteiger partial charge < -0.3 is 4.42 Å². The maximum Gasteiger partial charge on any atom is 0.227 e. The van der Waals surface area contributed by atoms with E-state index in [-0.39, 0.29) is 0 Å². The fourth-order valence-electron chi connectivity index (χ4n) is 6.85. The summed E-state index contributed by atoms with van der Waals surface area (Å²) in [6.45, 7) is 13.7. The third-order valence-corrected chi connectivity index (χ3v) is 9.09. The molecule has 0 aliphatic rings. The highest BCUT2D eigenvalue weighted by molar-refractivity contribution is 6.05. The van der Waals surface area contributed by atoms with Crippen LogP contribution < -0.4 is 0 Å². The maximum absolute atomic E-state index is 6.31. The van der Waals surface area contributed by atoms with Gasteiger partial charge in [0.15, 0.2) is 0 Å². The van der Waals surface area contributed by atoms with Crippen LogP contribution in [0.5, 0.6) is 0 Å². The van der Waals surface area contributed by atoms with Crippen molar-refractivity contribution in [2.24, 2.45) is 0 Å². The minimum absolute atomic E-state index is 0.322. The molecule has 0 spiro atoms. The molecule has 0 bridgehead atoms. The minimum atomic E-state index is 0.322. The van der Waals surface area contributed by atoms with Gasteiger partial charge in [0.05, 0.1) is 16.7 Å². The summed E-state index contributed by atoms with van der Waals surface area (Å²) in [5, 5.41) is 4.71. The fourth-order valence-corrected chi connectivity index (χ4v) is 6.85. The van der Waals surface area contributed by atoms with Crippen LogP contribution in [0.15, 0.2) is 89.3 Å². The van der Waals surface area contributed by atoms with E-state index in [1.807, 2.05) is 0 Å². The lowest BCUT2D eigenvalue weighted by Crippen LogP contribution is -2.09. The predicted octanol–water partition coefficient (Wildman–Crippen LogP) is 11.3. The van der Waals surface area contributed by atoms with E-state index in [0.29, 0.717) is 23.5 Å². The van der Waals surface area contributed by atoms with Crippen LogP contribution in [0.3, 0.4) is 0 Å². The molecule has 0 saturated heterocycles. The molecule has 0 saturated carbocycles. The molecule has 0 atom stereocenters. The first-order chi connectivity index (χ1) is 20.9. The molecule has 0 radical (unpaired) electrons. The molecule has 4 heteroatoms. The number of furan rings is 1. The Morgan fingerprint density at radius 3 is 2.26 bits per heavy atom. The van der Waals surface area contributed by atoms with Crippen molar-refractivity contribution in [3.63, 3.8) is 0 Å². The number of hydrogen-bond donors (Lipinski definition) is 0. The van der Waals surface area contributed by atoms with E-state index in [0.717, 1.165) is 57.3 Å². The first-order valence-electron chi connectivity index (χ1n) is 15.8. The van der Waals surface area contributed by atoms with E-state index < -0.39 is 0 Å². The Morgan fingerprint density at radius 1 is 0.721 bits per heavy atom. The number of rotatable bonds is 7. The molecule has 0 fully saturated rings. The van der Waals surface area contributed by atoms with Gasteiger partial charge in [-0.2, -0.15) is 0 Å². The molecule has 0 aliphatic carbocycles. The Hall–Kier alpha value is -4.44. The number of imidazole rings is 1. The molecule has 3 aromatic heterocycles. The molecule has 7 aromatic rings. The molecule has 4 aromatic carbocycles. The average molecular weight is 566 g/mol. The summed E-state index contributed by atoms with van der Waals surface area (Å²) in [7, 11) is 0. The number of pyridine rings is 1. The summed E-state index contributed by atoms with van der Waals surface area (Å²) in [6, 6.07) is 30.5. The molecular formula is C39H39N3O. The van der Waals surface area contributed by atoms with Crippen LogP contribution in [0.4, 0.5) is 0 Å². The smallest absolute Gasteiger partial charge is 0.227 e. The van der Waals surface area contributed by atoms with Gasteiger partial charge in [-0.05, 0) is 95.1 Å². The normalized spacial score (nSPS) is 12.3. The number of fused-ring (bicyclic) bond motifs is 5. The first kappa shape index (κ1) is 27.4. The van der Waals surface area contributed by atoms with Crippen LogP contribution in [-0.4, -0.2) is 14.5 Å². The second-order valence-corrected chi connectivity index (χ2v) is 12.4. The Kier molecular flexibility index (Phi) is 6.80. The van der Waals surface area contributed by atoms with E-state index in [1.54, 1.807) is 0 Å². The van der Waals surface area contributed by atoms with Crippen LogP contribution in [-0.2, 0) is 0 Å². The van der Waals surface area contributed by atoms with Gasteiger partial charge in [0.2, 0.25) is 5.71 Å². The van der Waals surface area contributed by atoms with Crippen molar-refractivity contribution in [3.8, 4) is 17.1 Å². The molecule has 3 heterocycles. The third kappa shape index (κ3) is 4.43. The Balaban J connectivity index is 1.52. The highest BCUT2D eigenvalue weighted by atomic mass is 16.3. The van der Waals surface area contributed by atoms with E-state index in [4.69, 9.17) is 14.4 Å². The van der Waals surface area contributed by atoms with Crippen molar-refractivity contribution >= 4 is 43.9 Å². The van der Waals surface area contributed by atoms with Crippen LogP contribution in [0.1, 0.15) is 89.0 Å². The van der Waals surface area contributed by atoms with Gasteiger partial charge in [0.25, 0.3) is 0 Å². The van der Waals surface area contributed by atoms with Gasteiger partial charge in [-0.15, -0.1) is 0 Å². The van der Waals surface area contributed by atoms with Gasteiger partial charge in [-0.25, -0.2) is 9.97 Å². The van der Waals surface area contributed by atoms with Crippen molar-refractivity contribution in [2.75, 3.05) is 0 Å². The number of benzene rings is 4. The SMILES string of the molecule is CCC(CC)c1ccc2c(n1)oc1ccc(-c3nc4ccccc4n3-c3c(C(C)C)cc4ccccc4c3C(C)C)cc12. The zero-order valence-electron chi connectivity index (χ0n) is 26.0. The van der Waals surface area contributed by atoms with Crippen LogP contribution in [0, 0.1) is 0 Å². The van der Waals surface area contributed by atoms with Gasteiger partial charge in [-0.3, -0.25) is 4.57 Å². The molecule has 0 amide bonds. The van der Waals surface area contributed by atoms with Crippen molar-refractivity contribution in [3.05, 3.63) is 102 Å². The quantitative estimate of drug-likeness (QED) is 0.193. The molecule has 0 unspecified atom stereocenters. The zero-order chi connectivity index (χ0) is 29.8. The molecule has 43 heavy (non-hydrogen) atoms. The first-order valence-corrected chi connectivity index (χ1v) is 15.8. The number of aromatic nitrogens is 3. The lowest BCUT2D eigenvalue weighted by Gasteiger charge is -2.25. The zero-order valence-corrected chi connectivity index (χ0v) is 26.0. The second kappa shape index (κ2) is 10.7. The number of hydrogen-bond acceptors (Lipinski definition) is 3. The Morgan fingerprint density at radius 2 is 1.49 bits per heavy atom. The summed E-state index contributed by atoms with van der Waals surface area (Å²) >= 11 is 0. The minimum Gasteiger partial charge on any atom is -0.438 e. The van der Waals surface area contributed by atoms with Crippen LogP contribution in [0.2, 0.25) is 0 Å². The van der Waals surface area contributed by atoms with Crippen molar-refractivity contribution in [1.82, 2.24) is 14.5 Å². The molecular weight excluding hydrogens is 526 g/mol. The summed E-state index contributed by atoms with van der Waals surface area (Å²) in [5.74, 6) is 2.04. The number of nitrogens with zero attached hydrogens (tertiary/aromatic N) is 3. The molecule has 4 nitrogen and oxygen atoms in total. The van der Waals surface area contributed by atoms with Crippen LogP contribution in [0.25, 0.3) is 61.0 Å². The van der Waals surface area contributed by atoms with E-state index in [1.165, 1.54) is 27.6 Å². The maximum atomic E-state index is 6.31. The molecule has 7 rings (SSSR count). The van der Waals surface area contributed by atoms with Crippen molar-refractivity contribution < 1.29 is 4.42 Å². The van der Waals surface area contributed by atoms with Gasteiger partial charge >= 0.3 is 0 Å². The molecule has 0 aliphatic heterocycles. The van der Waals surface area contributed by atoms with Gasteiger partial charge in [-0.1, -0.05) is 77.9 Å². The summed E-state index contributed by atoms with van der Waals surface area (Å²) in [5.41, 5.74) is 9.79. The second-order valence-electron chi connectivity index (χ2n) is 12.4. The monoisotopic (exact) mass is 565 g/mol. The number of para-hydroxylation sites is 2. The lowest BCUT2D eigenvalue weighted by atomic mass is 9.87. The van der Waals surface area contributed by atoms with Gasteiger partial charge in [0, 0.05) is 27.9 Å². The largest absolute Gasteiger partial charge is 0.438 e. The summed E-state index contributed by atoms with van der Waals surface area (Å²) in [6.07, 6.45) is 2.14. The predicted molar refractivity (Wildman–Crippen MR) is 181 cm³/mol. The average Bonchev–Trinajstić information content (AvgIpc) is 3.58. The fraction of sp³-hybridized carbons (Fsp3) is 0.282. The van der Waals surface area contributed by atoms with E-state index in [9.17, 15) is 0 Å². The lowest BCUT2D eigenvalue weighted by molar-refractivity contribution is 0.608. The highest BCUT2D eigenvalue weighted by Crippen LogP contribution is 2.42.